The Bertz CT molecular complexity index is 579. The molecule has 3 nitrogen and oxygen atoms in total. The van der Waals surface area contributed by atoms with Crippen LogP contribution in [-0.4, -0.2) is 16.1 Å². The highest BCUT2D eigenvalue weighted by Crippen LogP contribution is 2.24. The maximum atomic E-state index is 11.5. The molecule has 1 atom stereocenters. The Labute approximate surface area is 112 Å². The molecule has 0 spiro atoms. The SMILES string of the molecule is Cc1ccc(C(Cc2ccccn2)C(=O)O)c(C)c1. The highest BCUT2D eigenvalue weighted by molar-refractivity contribution is 5.77. The zero-order chi connectivity index (χ0) is 13.8. The molecule has 0 saturated heterocycles. The van der Waals surface area contributed by atoms with Crippen molar-refractivity contribution in [3.05, 3.63) is 65.0 Å². The molecule has 2 aromatic rings. The minimum Gasteiger partial charge on any atom is -0.481 e. The molecule has 1 aromatic heterocycles. The van der Waals surface area contributed by atoms with E-state index in [4.69, 9.17) is 0 Å². The molecule has 2 rings (SSSR count). The Morgan fingerprint density at radius 2 is 2.05 bits per heavy atom. The summed E-state index contributed by atoms with van der Waals surface area (Å²) < 4.78 is 0. The number of aliphatic carboxylic acids is 1. The smallest absolute Gasteiger partial charge is 0.311 e. The van der Waals surface area contributed by atoms with Crippen LogP contribution >= 0.6 is 0 Å². The van der Waals surface area contributed by atoms with Gasteiger partial charge in [0, 0.05) is 18.3 Å². The van der Waals surface area contributed by atoms with Crippen LogP contribution in [-0.2, 0) is 11.2 Å². The van der Waals surface area contributed by atoms with Gasteiger partial charge in [-0.3, -0.25) is 9.78 Å². The highest BCUT2D eigenvalue weighted by Gasteiger charge is 2.22. The van der Waals surface area contributed by atoms with Crippen LogP contribution in [0.2, 0.25) is 0 Å². The standard InChI is InChI=1S/C16H17NO2/c1-11-6-7-14(12(2)9-11)15(16(18)19)10-13-5-3-4-8-17-13/h3-9,15H,10H2,1-2H3,(H,18,19). The molecule has 3 heteroatoms. The minimum atomic E-state index is -0.808. The first kappa shape index (κ1) is 13.3. The molecule has 1 aromatic carbocycles. The maximum Gasteiger partial charge on any atom is 0.311 e. The third-order valence-electron chi connectivity index (χ3n) is 3.24. The highest BCUT2D eigenvalue weighted by atomic mass is 16.4. The molecule has 0 radical (unpaired) electrons. The Morgan fingerprint density at radius 3 is 2.63 bits per heavy atom. The summed E-state index contributed by atoms with van der Waals surface area (Å²) in [6, 6.07) is 11.5. The number of carboxylic acids is 1. The molecule has 19 heavy (non-hydrogen) atoms. The summed E-state index contributed by atoms with van der Waals surface area (Å²) in [4.78, 5) is 15.7. The lowest BCUT2D eigenvalue weighted by molar-refractivity contribution is -0.138. The molecule has 0 fully saturated rings. The summed E-state index contributed by atoms with van der Waals surface area (Å²) in [7, 11) is 0. The predicted octanol–water partition coefficient (Wildman–Crippen LogP) is 3.11. The molecule has 0 aliphatic rings. The monoisotopic (exact) mass is 255 g/mol. The van der Waals surface area contributed by atoms with Gasteiger partial charge in [0.2, 0.25) is 0 Å². The predicted molar refractivity (Wildman–Crippen MR) is 74.2 cm³/mol. The van der Waals surface area contributed by atoms with Crippen LogP contribution in [0.4, 0.5) is 0 Å². The number of benzene rings is 1. The summed E-state index contributed by atoms with van der Waals surface area (Å²) in [5.41, 5.74) is 3.82. The average molecular weight is 255 g/mol. The van der Waals surface area contributed by atoms with E-state index in [0.29, 0.717) is 6.42 Å². The van der Waals surface area contributed by atoms with Gasteiger partial charge in [0.05, 0.1) is 5.92 Å². The van der Waals surface area contributed by atoms with Gasteiger partial charge >= 0.3 is 5.97 Å². The van der Waals surface area contributed by atoms with Crippen molar-refractivity contribution in [3.8, 4) is 0 Å². The molecule has 0 bridgehead atoms. The summed E-state index contributed by atoms with van der Waals surface area (Å²) in [5.74, 6) is -1.35. The topological polar surface area (TPSA) is 50.2 Å². The zero-order valence-electron chi connectivity index (χ0n) is 11.1. The van der Waals surface area contributed by atoms with E-state index < -0.39 is 11.9 Å². The van der Waals surface area contributed by atoms with Crippen molar-refractivity contribution in [2.45, 2.75) is 26.2 Å². The lowest BCUT2D eigenvalue weighted by Gasteiger charge is -2.15. The van der Waals surface area contributed by atoms with Gasteiger partial charge in [0.15, 0.2) is 0 Å². The van der Waals surface area contributed by atoms with E-state index in [1.165, 1.54) is 0 Å². The number of nitrogens with zero attached hydrogens (tertiary/aromatic N) is 1. The van der Waals surface area contributed by atoms with E-state index in [0.717, 1.165) is 22.4 Å². The Hall–Kier alpha value is -2.16. The number of pyridine rings is 1. The molecular weight excluding hydrogens is 238 g/mol. The van der Waals surface area contributed by atoms with Gasteiger partial charge in [-0.05, 0) is 37.1 Å². The van der Waals surface area contributed by atoms with Crippen molar-refractivity contribution in [2.24, 2.45) is 0 Å². The third-order valence-corrected chi connectivity index (χ3v) is 3.24. The fraction of sp³-hybridized carbons (Fsp3) is 0.250. The Kier molecular flexibility index (Phi) is 3.95. The number of carboxylic acid groups (broad SMARTS) is 1. The average Bonchev–Trinajstić information content (AvgIpc) is 2.38. The number of aryl methyl sites for hydroxylation is 2. The number of rotatable bonds is 4. The van der Waals surface area contributed by atoms with Gasteiger partial charge in [0.1, 0.15) is 0 Å². The first-order valence-corrected chi connectivity index (χ1v) is 6.28. The van der Waals surface area contributed by atoms with Gasteiger partial charge in [-0.2, -0.15) is 0 Å². The van der Waals surface area contributed by atoms with Crippen molar-refractivity contribution in [2.75, 3.05) is 0 Å². The van der Waals surface area contributed by atoms with Crippen LogP contribution < -0.4 is 0 Å². The Balaban J connectivity index is 2.33. The molecule has 0 aliphatic heterocycles. The second-order valence-corrected chi connectivity index (χ2v) is 4.78. The van der Waals surface area contributed by atoms with Gasteiger partial charge in [0.25, 0.3) is 0 Å². The van der Waals surface area contributed by atoms with Gasteiger partial charge in [-0.1, -0.05) is 29.8 Å². The maximum absolute atomic E-state index is 11.5. The van der Waals surface area contributed by atoms with Crippen molar-refractivity contribution < 1.29 is 9.90 Å². The zero-order valence-corrected chi connectivity index (χ0v) is 11.1. The van der Waals surface area contributed by atoms with Crippen LogP contribution in [0, 0.1) is 13.8 Å². The van der Waals surface area contributed by atoms with Crippen LogP contribution in [0.25, 0.3) is 0 Å². The van der Waals surface area contributed by atoms with Crippen molar-refractivity contribution >= 4 is 5.97 Å². The number of hydrogen-bond donors (Lipinski definition) is 1. The fourth-order valence-corrected chi connectivity index (χ4v) is 2.27. The quantitative estimate of drug-likeness (QED) is 0.913. The second kappa shape index (κ2) is 5.65. The second-order valence-electron chi connectivity index (χ2n) is 4.78. The van der Waals surface area contributed by atoms with E-state index in [9.17, 15) is 9.90 Å². The minimum absolute atomic E-state index is 0.417. The van der Waals surface area contributed by atoms with E-state index in [1.54, 1.807) is 6.20 Å². The molecular formula is C16H17NO2. The first-order chi connectivity index (χ1) is 9.08. The molecule has 0 aliphatic carbocycles. The fourth-order valence-electron chi connectivity index (χ4n) is 2.27. The lowest BCUT2D eigenvalue weighted by Crippen LogP contribution is -2.16. The number of carbonyl (C=O) groups is 1. The summed E-state index contributed by atoms with van der Waals surface area (Å²) in [5, 5.41) is 9.45. The molecule has 1 N–H and O–H groups in total. The van der Waals surface area contributed by atoms with Gasteiger partial charge in [-0.15, -0.1) is 0 Å². The summed E-state index contributed by atoms with van der Waals surface area (Å²) in [6.07, 6.45) is 2.11. The van der Waals surface area contributed by atoms with Crippen LogP contribution in [0.5, 0.6) is 0 Å². The van der Waals surface area contributed by atoms with E-state index in [-0.39, 0.29) is 0 Å². The molecule has 0 amide bonds. The van der Waals surface area contributed by atoms with Gasteiger partial charge < -0.3 is 5.11 Å². The third kappa shape index (κ3) is 3.19. The van der Waals surface area contributed by atoms with Crippen molar-refractivity contribution in [3.63, 3.8) is 0 Å². The summed E-state index contributed by atoms with van der Waals surface area (Å²) in [6.45, 7) is 3.96. The van der Waals surface area contributed by atoms with Crippen molar-refractivity contribution in [1.82, 2.24) is 4.98 Å². The molecule has 1 unspecified atom stereocenters. The number of hydrogen-bond acceptors (Lipinski definition) is 2. The normalized spacial score (nSPS) is 12.1. The molecule has 98 valence electrons. The largest absolute Gasteiger partial charge is 0.481 e. The van der Waals surface area contributed by atoms with Crippen LogP contribution in [0.3, 0.4) is 0 Å². The number of aromatic nitrogens is 1. The van der Waals surface area contributed by atoms with Crippen LogP contribution in [0.15, 0.2) is 42.6 Å². The van der Waals surface area contributed by atoms with Crippen molar-refractivity contribution in [1.29, 1.82) is 0 Å². The van der Waals surface area contributed by atoms with Crippen LogP contribution in [0.1, 0.15) is 28.3 Å². The van der Waals surface area contributed by atoms with E-state index in [2.05, 4.69) is 4.98 Å². The summed E-state index contributed by atoms with van der Waals surface area (Å²) >= 11 is 0. The Morgan fingerprint density at radius 1 is 1.26 bits per heavy atom. The van der Waals surface area contributed by atoms with E-state index in [1.807, 2.05) is 50.2 Å². The molecule has 0 saturated carbocycles. The van der Waals surface area contributed by atoms with E-state index >= 15 is 0 Å². The first-order valence-electron chi connectivity index (χ1n) is 6.28. The van der Waals surface area contributed by atoms with Gasteiger partial charge in [-0.25, -0.2) is 0 Å². The molecule has 1 heterocycles. The lowest BCUT2D eigenvalue weighted by atomic mass is 9.90.